The predicted molar refractivity (Wildman–Crippen MR) is 60.6 cm³/mol. The van der Waals surface area contributed by atoms with Crippen molar-refractivity contribution in [3.8, 4) is 5.75 Å². The van der Waals surface area contributed by atoms with Crippen molar-refractivity contribution in [1.29, 1.82) is 0 Å². The second kappa shape index (κ2) is 4.74. The van der Waals surface area contributed by atoms with Gasteiger partial charge in [-0.05, 0) is 24.3 Å². The van der Waals surface area contributed by atoms with Gasteiger partial charge in [0.15, 0.2) is 0 Å². The first-order valence-corrected chi connectivity index (χ1v) is 5.01. The smallest absolute Gasteiger partial charge is 0.201 e. The Kier molecular flexibility index (Phi) is 3.14. The third-order valence-electron chi connectivity index (χ3n) is 2.35. The van der Waals surface area contributed by atoms with Crippen molar-refractivity contribution in [1.82, 2.24) is 4.98 Å². The number of methoxy groups -OCH3 is 1. The third kappa shape index (κ3) is 2.15. The number of hydrogen-bond donors (Lipinski definition) is 0. The second-order valence-corrected chi connectivity index (χ2v) is 3.39. The van der Waals surface area contributed by atoms with Crippen LogP contribution >= 0.6 is 0 Å². The SMILES string of the molecule is COc1cccc(F)c1C(=O)c1cccnc1. The van der Waals surface area contributed by atoms with Gasteiger partial charge in [0.05, 0.1) is 7.11 Å². The molecule has 0 saturated heterocycles. The molecule has 17 heavy (non-hydrogen) atoms. The number of pyridine rings is 1. The van der Waals surface area contributed by atoms with Crippen molar-refractivity contribution in [2.45, 2.75) is 0 Å². The van der Waals surface area contributed by atoms with Gasteiger partial charge in [-0.3, -0.25) is 9.78 Å². The lowest BCUT2D eigenvalue weighted by Gasteiger charge is -2.08. The first-order chi connectivity index (χ1) is 8.24. The van der Waals surface area contributed by atoms with E-state index in [9.17, 15) is 9.18 Å². The van der Waals surface area contributed by atoms with Crippen LogP contribution in [0.5, 0.6) is 5.75 Å². The number of ketones is 1. The van der Waals surface area contributed by atoms with Gasteiger partial charge < -0.3 is 4.74 Å². The molecule has 0 aliphatic rings. The largest absolute Gasteiger partial charge is 0.496 e. The zero-order chi connectivity index (χ0) is 12.3. The number of carbonyl (C=O) groups excluding carboxylic acids is 1. The molecule has 86 valence electrons. The van der Waals surface area contributed by atoms with Gasteiger partial charge in [-0.1, -0.05) is 6.07 Å². The summed E-state index contributed by atoms with van der Waals surface area (Å²) in [5.74, 6) is -0.815. The van der Waals surface area contributed by atoms with Crippen molar-refractivity contribution < 1.29 is 13.9 Å². The molecule has 1 aromatic heterocycles. The standard InChI is InChI=1S/C13H10FNO2/c1-17-11-6-2-5-10(14)12(11)13(16)9-4-3-7-15-8-9/h2-8H,1H3. The van der Waals surface area contributed by atoms with Crippen LogP contribution in [-0.4, -0.2) is 17.9 Å². The maximum atomic E-state index is 13.7. The number of benzene rings is 1. The number of ether oxygens (including phenoxy) is 1. The van der Waals surface area contributed by atoms with Gasteiger partial charge in [-0.15, -0.1) is 0 Å². The van der Waals surface area contributed by atoms with E-state index < -0.39 is 11.6 Å². The lowest BCUT2D eigenvalue weighted by Crippen LogP contribution is -2.07. The summed E-state index contributed by atoms with van der Waals surface area (Å²) >= 11 is 0. The first kappa shape index (κ1) is 11.3. The fourth-order valence-electron chi connectivity index (χ4n) is 1.54. The normalized spacial score (nSPS) is 10.0. The van der Waals surface area contributed by atoms with E-state index in [0.717, 1.165) is 0 Å². The fraction of sp³-hybridized carbons (Fsp3) is 0.0769. The highest BCUT2D eigenvalue weighted by atomic mass is 19.1. The Bertz CT molecular complexity index is 540. The van der Waals surface area contributed by atoms with Gasteiger partial charge in [0.25, 0.3) is 0 Å². The van der Waals surface area contributed by atoms with Crippen molar-refractivity contribution in [2.75, 3.05) is 7.11 Å². The van der Waals surface area contributed by atoms with Gasteiger partial charge in [0.1, 0.15) is 17.1 Å². The number of rotatable bonds is 3. The number of halogens is 1. The lowest BCUT2D eigenvalue weighted by atomic mass is 10.0. The van der Waals surface area contributed by atoms with E-state index in [4.69, 9.17) is 4.74 Å². The van der Waals surface area contributed by atoms with Gasteiger partial charge >= 0.3 is 0 Å². The van der Waals surface area contributed by atoms with Crippen LogP contribution in [0.15, 0.2) is 42.7 Å². The Morgan fingerprint density at radius 1 is 1.29 bits per heavy atom. The summed E-state index contributed by atoms with van der Waals surface area (Å²) in [6.07, 6.45) is 2.95. The highest BCUT2D eigenvalue weighted by molar-refractivity contribution is 6.10. The van der Waals surface area contributed by atoms with Crippen LogP contribution in [0.25, 0.3) is 0 Å². The lowest BCUT2D eigenvalue weighted by molar-refractivity contribution is 0.103. The van der Waals surface area contributed by atoms with E-state index in [-0.39, 0.29) is 11.3 Å². The summed E-state index contributed by atoms with van der Waals surface area (Å²) in [5, 5.41) is 0. The van der Waals surface area contributed by atoms with Crippen molar-refractivity contribution in [3.63, 3.8) is 0 Å². The molecule has 4 heteroatoms. The van der Waals surface area contributed by atoms with Crippen LogP contribution in [0.1, 0.15) is 15.9 Å². The summed E-state index contributed by atoms with van der Waals surface area (Å²) in [7, 11) is 1.40. The molecule has 0 aliphatic carbocycles. The van der Waals surface area contributed by atoms with Crippen molar-refractivity contribution in [3.05, 3.63) is 59.7 Å². The minimum atomic E-state index is -0.599. The molecule has 2 aromatic rings. The van der Waals surface area contributed by atoms with Gasteiger partial charge in [-0.25, -0.2) is 4.39 Å². The summed E-state index contributed by atoms with van der Waals surface area (Å²) < 4.78 is 18.6. The molecule has 1 aromatic carbocycles. The minimum absolute atomic E-state index is 0.0667. The van der Waals surface area contributed by atoms with E-state index in [2.05, 4.69) is 4.98 Å². The summed E-state index contributed by atoms with van der Waals surface area (Å²) in [5.41, 5.74) is 0.263. The molecule has 0 radical (unpaired) electrons. The fourth-order valence-corrected chi connectivity index (χ4v) is 1.54. The van der Waals surface area contributed by atoms with Gasteiger partial charge in [-0.2, -0.15) is 0 Å². The molecule has 0 N–H and O–H groups in total. The zero-order valence-electron chi connectivity index (χ0n) is 9.18. The second-order valence-electron chi connectivity index (χ2n) is 3.39. The summed E-state index contributed by atoms with van der Waals surface area (Å²) in [6, 6.07) is 7.48. The molecule has 0 fully saturated rings. The number of nitrogens with zero attached hydrogens (tertiary/aromatic N) is 1. The monoisotopic (exact) mass is 231 g/mol. The molecular weight excluding hydrogens is 221 g/mol. The maximum Gasteiger partial charge on any atom is 0.201 e. The Morgan fingerprint density at radius 2 is 2.12 bits per heavy atom. The molecular formula is C13H10FNO2. The Hall–Kier alpha value is -2.23. The molecule has 0 saturated carbocycles. The Balaban J connectivity index is 2.51. The molecule has 0 bridgehead atoms. The van der Waals surface area contributed by atoms with Gasteiger partial charge in [0.2, 0.25) is 5.78 Å². The molecule has 0 aliphatic heterocycles. The average Bonchev–Trinajstić information content (AvgIpc) is 2.38. The van der Waals surface area contributed by atoms with Crippen molar-refractivity contribution >= 4 is 5.78 Å². The van der Waals surface area contributed by atoms with Crippen LogP contribution in [0.2, 0.25) is 0 Å². The van der Waals surface area contributed by atoms with E-state index in [0.29, 0.717) is 5.56 Å². The number of aromatic nitrogens is 1. The number of carbonyl (C=O) groups is 1. The summed E-state index contributed by atoms with van der Waals surface area (Å²) in [6.45, 7) is 0. The van der Waals surface area contributed by atoms with E-state index in [1.54, 1.807) is 24.4 Å². The van der Waals surface area contributed by atoms with E-state index in [1.807, 2.05) is 0 Å². The summed E-state index contributed by atoms with van der Waals surface area (Å²) in [4.78, 5) is 15.9. The van der Waals surface area contributed by atoms with E-state index in [1.165, 1.54) is 25.4 Å². The molecule has 0 spiro atoms. The average molecular weight is 231 g/mol. The van der Waals surface area contributed by atoms with Crippen LogP contribution in [0.4, 0.5) is 4.39 Å². The minimum Gasteiger partial charge on any atom is -0.496 e. The third-order valence-corrected chi connectivity index (χ3v) is 2.35. The predicted octanol–water partition coefficient (Wildman–Crippen LogP) is 2.46. The van der Waals surface area contributed by atoms with Gasteiger partial charge in [0, 0.05) is 18.0 Å². The highest BCUT2D eigenvalue weighted by Gasteiger charge is 2.18. The molecule has 0 amide bonds. The van der Waals surface area contributed by atoms with Crippen LogP contribution < -0.4 is 4.74 Å². The zero-order valence-corrected chi connectivity index (χ0v) is 9.18. The topological polar surface area (TPSA) is 39.2 Å². The quantitative estimate of drug-likeness (QED) is 0.762. The van der Waals surface area contributed by atoms with Crippen LogP contribution in [0, 0.1) is 5.82 Å². The van der Waals surface area contributed by atoms with Crippen LogP contribution in [0.3, 0.4) is 0 Å². The molecule has 0 atom stereocenters. The Labute approximate surface area is 97.9 Å². The number of hydrogen-bond acceptors (Lipinski definition) is 3. The molecule has 2 rings (SSSR count). The van der Waals surface area contributed by atoms with Crippen LogP contribution in [-0.2, 0) is 0 Å². The highest BCUT2D eigenvalue weighted by Crippen LogP contribution is 2.23. The first-order valence-electron chi connectivity index (χ1n) is 5.01. The molecule has 0 unspecified atom stereocenters. The molecule has 3 nitrogen and oxygen atoms in total. The molecule has 1 heterocycles. The van der Waals surface area contributed by atoms with Crippen molar-refractivity contribution in [2.24, 2.45) is 0 Å². The van der Waals surface area contributed by atoms with E-state index >= 15 is 0 Å². The maximum absolute atomic E-state index is 13.7. The Morgan fingerprint density at radius 3 is 2.76 bits per heavy atom.